The van der Waals surface area contributed by atoms with E-state index in [4.69, 9.17) is 4.74 Å². The van der Waals surface area contributed by atoms with Crippen LogP contribution in [0.2, 0.25) is 0 Å². The molecule has 2 aromatic rings. The van der Waals surface area contributed by atoms with Crippen LogP contribution < -0.4 is 15.4 Å². The summed E-state index contributed by atoms with van der Waals surface area (Å²) in [5.41, 5.74) is 3.22. The summed E-state index contributed by atoms with van der Waals surface area (Å²) in [5.74, 6) is 0.300. The molecule has 27 heavy (non-hydrogen) atoms. The Bertz CT molecular complexity index is 846. The van der Waals surface area contributed by atoms with E-state index in [2.05, 4.69) is 16.7 Å². The second-order valence-corrected chi connectivity index (χ2v) is 6.77. The number of ether oxygens (including phenoxy) is 1. The second-order valence-electron chi connectivity index (χ2n) is 6.77. The lowest BCUT2D eigenvalue weighted by molar-refractivity contribution is 0.0963. The predicted molar refractivity (Wildman–Crippen MR) is 105 cm³/mol. The molecule has 3 rings (SSSR count). The third kappa shape index (κ3) is 4.58. The van der Waals surface area contributed by atoms with Crippen molar-refractivity contribution in [2.45, 2.75) is 32.4 Å². The Labute approximate surface area is 159 Å². The molecule has 0 bridgehead atoms. The number of rotatable bonds is 6. The molecule has 0 heterocycles. The lowest BCUT2D eigenvalue weighted by Gasteiger charge is -2.24. The van der Waals surface area contributed by atoms with Crippen LogP contribution in [0.3, 0.4) is 0 Å². The van der Waals surface area contributed by atoms with Crippen molar-refractivity contribution in [3.05, 3.63) is 59.2 Å². The first-order chi connectivity index (χ1) is 13.0. The summed E-state index contributed by atoms with van der Waals surface area (Å²) in [5, 5.41) is 5.50. The van der Waals surface area contributed by atoms with E-state index in [-0.39, 0.29) is 18.0 Å². The second kappa shape index (κ2) is 8.12. The van der Waals surface area contributed by atoms with Gasteiger partial charge >= 0.3 is 6.03 Å². The number of hydrogen-bond donors (Lipinski definition) is 2. The smallest absolute Gasteiger partial charge is 0.322 e. The minimum absolute atomic E-state index is 0.189. The molecule has 0 radical (unpaired) electrons. The van der Waals surface area contributed by atoms with E-state index in [1.165, 1.54) is 12.7 Å². The van der Waals surface area contributed by atoms with Crippen LogP contribution >= 0.6 is 0 Å². The molecular formula is C21H25N3O3. The molecule has 1 aliphatic carbocycles. The number of amides is 3. The van der Waals surface area contributed by atoms with Crippen LogP contribution in [-0.4, -0.2) is 37.0 Å². The molecule has 0 saturated heterocycles. The van der Waals surface area contributed by atoms with Gasteiger partial charge in [-0.05, 0) is 43.5 Å². The standard InChI is InChI=1S/C21H25N3O3/c1-14-5-4-6-15(11-14)13-24(17-8-9-17)21(26)23-18-12-16(20(25)22-2)7-10-19(18)27-3/h4-7,10-12,17H,8-9,13H2,1-3H3,(H,22,25)(H,23,26). The van der Waals surface area contributed by atoms with Gasteiger partial charge in [-0.3, -0.25) is 4.79 Å². The van der Waals surface area contributed by atoms with E-state index in [1.807, 2.05) is 30.0 Å². The molecular weight excluding hydrogens is 342 g/mol. The zero-order valence-electron chi connectivity index (χ0n) is 15.9. The summed E-state index contributed by atoms with van der Waals surface area (Å²) in [7, 11) is 3.11. The zero-order chi connectivity index (χ0) is 19.4. The van der Waals surface area contributed by atoms with Gasteiger partial charge in [0.1, 0.15) is 5.75 Å². The molecule has 6 nitrogen and oxygen atoms in total. The molecule has 2 aromatic carbocycles. The van der Waals surface area contributed by atoms with Crippen LogP contribution in [0.1, 0.15) is 34.3 Å². The SMILES string of the molecule is CNC(=O)c1ccc(OC)c(NC(=O)N(Cc2cccc(C)c2)C2CC2)c1. The maximum absolute atomic E-state index is 13.0. The maximum Gasteiger partial charge on any atom is 0.322 e. The van der Waals surface area contributed by atoms with Gasteiger partial charge in [0.05, 0.1) is 12.8 Å². The van der Waals surface area contributed by atoms with Gasteiger partial charge in [0.15, 0.2) is 0 Å². The number of benzene rings is 2. The van der Waals surface area contributed by atoms with Crippen molar-refractivity contribution in [3.63, 3.8) is 0 Å². The molecule has 0 atom stereocenters. The van der Waals surface area contributed by atoms with Crippen molar-refractivity contribution in [1.29, 1.82) is 0 Å². The van der Waals surface area contributed by atoms with Gasteiger partial charge in [0, 0.05) is 25.2 Å². The highest BCUT2D eigenvalue weighted by Crippen LogP contribution is 2.31. The average Bonchev–Trinajstić information content (AvgIpc) is 3.50. The fourth-order valence-electron chi connectivity index (χ4n) is 3.04. The lowest BCUT2D eigenvalue weighted by Crippen LogP contribution is -2.36. The summed E-state index contributed by atoms with van der Waals surface area (Å²) < 4.78 is 5.34. The largest absolute Gasteiger partial charge is 0.495 e. The quantitative estimate of drug-likeness (QED) is 0.820. The third-order valence-electron chi connectivity index (χ3n) is 4.61. The topological polar surface area (TPSA) is 70.7 Å². The van der Waals surface area contributed by atoms with Gasteiger partial charge in [-0.1, -0.05) is 29.8 Å². The molecule has 0 spiro atoms. The van der Waals surface area contributed by atoms with Gasteiger partial charge in [-0.15, -0.1) is 0 Å². The van der Waals surface area contributed by atoms with Crippen molar-refractivity contribution >= 4 is 17.6 Å². The highest BCUT2D eigenvalue weighted by molar-refractivity contribution is 5.98. The fourth-order valence-corrected chi connectivity index (χ4v) is 3.04. The molecule has 2 N–H and O–H groups in total. The van der Waals surface area contributed by atoms with E-state index in [0.717, 1.165) is 18.4 Å². The normalized spacial score (nSPS) is 13.0. The van der Waals surface area contributed by atoms with Crippen LogP contribution in [0, 0.1) is 6.92 Å². The molecule has 6 heteroatoms. The van der Waals surface area contributed by atoms with E-state index in [0.29, 0.717) is 23.5 Å². The van der Waals surface area contributed by atoms with Crippen molar-refractivity contribution in [3.8, 4) is 5.75 Å². The van der Waals surface area contributed by atoms with Gasteiger partial charge in [-0.2, -0.15) is 0 Å². The van der Waals surface area contributed by atoms with Crippen molar-refractivity contribution < 1.29 is 14.3 Å². The molecule has 0 aliphatic heterocycles. The number of nitrogens with zero attached hydrogens (tertiary/aromatic N) is 1. The highest BCUT2D eigenvalue weighted by Gasteiger charge is 2.33. The van der Waals surface area contributed by atoms with Crippen molar-refractivity contribution in [1.82, 2.24) is 10.2 Å². The Morgan fingerprint density at radius 3 is 2.59 bits per heavy atom. The fraction of sp³-hybridized carbons (Fsp3) is 0.333. The van der Waals surface area contributed by atoms with E-state index in [1.54, 1.807) is 25.2 Å². The first-order valence-corrected chi connectivity index (χ1v) is 9.05. The highest BCUT2D eigenvalue weighted by atomic mass is 16.5. The Balaban J connectivity index is 1.80. The lowest BCUT2D eigenvalue weighted by atomic mass is 10.1. The average molecular weight is 367 g/mol. The van der Waals surface area contributed by atoms with Crippen LogP contribution in [0.4, 0.5) is 10.5 Å². The molecule has 0 unspecified atom stereocenters. The molecule has 142 valence electrons. The minimum Gasteiger partial charge on any atom is -0.495 e. The number of nitrogens with one attached hydrogen (secondary N) is 2. The summed E-state index contributed by atoms with van der Waals surface area (Å²) in [6.07, 6.45) is 2.02. The first-order valence-electron chi connectivity index (χ1n) is 9.05. The summed E-state index contributed by atoms with van der Waals surface area (Å²) in [4.78, 5) is 26.7. The van der Waals surface area contributed by atoms with E-state index in [9.17, 15) is 9.59 Å². The number of hydrogen-bond acceptors (Lipinski definition) is 3. The number of urea groups is 1. The summed E-state index contributed by atoms with van der Waals surface area (Å²) >= 11 is 0. The predicted octanol–water partition coefficient (Wildman–Crippen LogP) is 3.56. The molecule has 0 aromatic heterocycles. The number of anilines is 1. The first kappa shape index (κ1) is 18.8. The van der Waals surface area contributed by atoms with Crippen LogP contribution in [-0.2, 0) is 6.54 Å². The van der Waals surface area contributed by atoms with Crippen LogP contribution in [0.25, 0.3) is 0 Å². The summed E-state index contributed by atoms with van der Waals surface area (Å²) in [6.45, 7) is 2.59. The molecule has 1 fully saturated rings. The maximum atomic E-state index is 13.0. The van der Waals surface area contributed by atoms with Crippen molar-refractivity contribution in [2.75, 3.05) is 19.5 Å². The van der Waals surface area contributed by atoms with E-state index < -0.39 is 0 Å². The minimum atomic E-state index is -0.216. The molecule has 3 amide bonds. The molecule has 1 aliphatic rings. The number of carbonyl (C=O) groups excluding carboxylic acids is 2. The van der Waals surface area contributed by atoms with Gasteiger partial charge in [0.25, 0.3) is 5.91 Å². The Morgan fingerprint density at radius 1 is 1.19 bits per heavy atom. The third-order valence-corrected chi connectivity index (χ3v) is 4.61. The Kier molecular flexibility index (Phi) is 5.64. The van der Waals surface area contributed by atoms with Crippen molar-refractivity contribution in [2.24, 2.45) is 0 Å². The number of methoxy groups -OCH3 is 1. The van der Waals surface area contributed by atoms with Crippen LogP contribution in [0.15, 0.2) is 42.5 Å². The van der Waals surface area contributed by atoms with Gasteiger partial charge < -0.3 is 20.3 Å². The zero-order valence-corrected chi connectivity index (χ0v) is 15.9. The number of carbonyl (C=O) groups is 2. The van der Waals surface area contributed by atoms with E-state index >= 15 is 0 Å². The number of aryl methyl sites for hydroxylation is 1. The monoisotopic (exact) mass is 367 g/mol. The van der Waals surface area contributed by atoms with Gasteiger partial charge in [0.2, 0.25) is 0 Å². The van der Waals surface area contributed by atoms with Crippen LogP contribution in [0.5, 0.6) is 5.75 Å². The Hall–Kier alpha value is -3.02. The Morgan fingerprint density at radius 2 is 1.96 bits per heavy atom. The van der Waals surface area contributed by atoms with Gasteiger partial charge in [-0.25, -0.2) is 4.79 Å². The molecule has 1 saturated carbocycles. The summed E-state index contributed by atoms with van der Waals surface area (Å²) in [6, 6.07) is 13.2.